The Morgan fingerprint density at radius 2 is 2.12 bits per heavy atom. The average molecular weight is 343 g/mol. The van der Waals surface area contributed by atoms with E-state index in [0.29, 0.717) is 29.0 Å². The zero-order valence-corrected chi connectivity index (χ0v) is 13.2. The van der Waals surface area contributed by atoms with Gasteiger partial charge in [0.05, 0.1) is 16.2 Å². The number of rotatable bonds is 4. The number of anilines is 1. The minimum atomic E-state index is -0.472. The van der Waals surface area contributed by atoms with Gasteiger partial charge in [0.1, 0.15) is 23.5 Å². The highest BCUT2D eigenvalue weighted by molar-refractivity contribution is 6.30. The zero-order chi connectivity index (χ0) is 17.1. The van der Waals surface area contributed by atoms with Gasteiger partial charge in [-0.2, -0.15) is 0 Å². The van der Waals surface area contributed by atoms with E-state index in [2.05, 4.69) is 26.8 Å². The van der Waals surface area contributed by atoms with Gasteiger partial charge < -0.3 is 5.32 Å². The minimum absolute atomic E-state index is 0.0535. The highest BCUT2D eigenvalue weighted by Crippen LogP contribution is 2.21. The Kier molecular flexibility index (Phi) is 4.48. The van der Waals surface area contributed by atoms with Gasteiger partial charge in [-0.25, -0.2) is 19.3 Å². The molecule has 5 nitrogen and oxygen atoms in total. The van der Waals surface area contributed by atoms with Crippen molar-refractivity contribution in [3.05, 3.63) is 71.4 Å². The summed E-state index contributed by atoms with van der Waals surface area (Å²) in [5, 5.41) is 2.65. The second kappa shape index (κ2) is 6.72. The van der Waals surface area contributed by atoms with Crippen molar-refractivity contribution in [3.63, 3.8) is 0 Å². The van der Waals surface area contributed by atoms with Crippen LogP contribution in [0.3, 0.4) is 0 Å². The van der Waals surface area contributed by atoms with E-state index in [1.807, 2.05) is 0 Å². The molecule has 1 aromatic carbocycles. The van der Waals surface area contributed by atoms with Crippen LogP contribution in [0.4, 0.5) is 10.2 Å². The van der Waals surface area contributed by atoms with Crippen LogP contribution in [0.5, 0.6) is 0 Å². The Balaban J connectivity index is 1.99. The molecule has 3 aromatic rings. The van der Waals surface area contributed by atoms with Crippen LogP contribution in [-0.2, 0) is 11.2 Å². The molecule has 1 N–H and O–H groups in total. The molecular weight excluding hydrogens is 331 g/mol. The van der Waals surface area contributed by atoms with Crippen molar-refractivity contribution in [2.75, 3.05) is 5.32 Å². The van der Waals surface area contributed by atoms with E-state index in [1.165, 1.54) is 12.4 Å². The third kappa shape index (κ3) is 3.38. The Labute approximate surface area is 142 Å². The lowest BCUT2D eigenvalue weighted by molar-refractivity contribution is -0.111. The van der Waals surface area contributed by atoms with Crippen molar-refractivity contribution in [2.24, 2.45) is 0 Å². The van der Waals surface area contributed by atoms with Gasteiger partial charge in [0.15, 0.2) is 0 Å². The van der Waals surface area contributed by atoms with Crippen LogP contribution in [0.25, 0.3) is 11.0 Å². The molecule has 0 aliphatic heterocycles. The second-order valence-electron chi connectivity index (χ2n) is 5.00. The molecule has 24 heavy (non-hydrogen) atoms. The smallest absolute Gasteiger partial charge is 0.248 e. The lowest BCUT2D eigenvalue weighted by atomic mass is 10.1. The lowest BCUT2D eigenvalue weighted by Gasteiger charge is -2.07. The van der Waals surface area contributed by atoms with Gasteiger partial charge in [0, 0.05) is 6.42 Å². The minimum Gasteiger partial charge on any atom is -0.307 e. The van der Waals surface area contributed by atoms with Gasteiger partial charge in [-0.1, -0.05) is 24.2 Å². The van der Waals surface area contributed by atoms with Gasteiger partial charge in [-0.3, -0.25) is 4.79 Å². The largest absolute Gasteiger partial charge is 0.307 e. The van der Waals surface area contributed by atoms with Crippen molar-refractivity contribution in [1.29, 1.82) is 0 Å². The Morgan fingerprint density at radius 3 is 2.88 bits per heavy atom. The molecule has 1 amide bonds. The topological polar surface area (TPSA) is 67.8 Å². The molecule has 0 saturated heterocycles. The summed E-state index contributed by atoms with van der Waals surface area (Å²) >= 11 is 5.82. The summed E-state index contributed by atoms with van der Waals surface area (Å²) in [5.41, 5.74) is 2.64. The summed E-state index contributed by atoms with van der Waals surface area (Å²) in [4.78, 5) is 24.2. The molecule has 0 fully saturated rings. The van der Waals surface area contributed by atoms with Crippen LogP contribution >= 0.6 is 11.6 Å². The first kappa shape index (κ1) is 16.0. The van der Waals surface area contributed by atoms with E-state index in [9.17, 15) is 9.18 Å². The van der Waals surface area contributed by atoms with E-state index in [-0.39, 0.29) is 10.9 Å². The average Bonchev–Trinajstić information content (AvgIpc) is 2.58. The highest BCUT2D eigenvalue weighted by atomic mass is 35.5. The number of amides is 1. The van der Waals surface area contributed by atoms with Gasteiger partial charge in [-0.05, 0) is 35.9 Å². The standard InChI is InChI=1S/C17H12ClFN4O/c1-2-16(24)22-15-6-5-13-17(23-15)14(21-9-20-13)8-10-3-4-12(19)11(18)7-10/h2-7,9H,1,8H2,(H,22,23,24). The number of halogens is 2. The Hall–Kier alpha value is -2.86. The molecular formula is C17H12ClFN4O. The van der Waals surface area contributed by atoms with Crippen LogP contribution in [0.15, 0.2) is 49.3 Å². The number of nitrogens with one attached hydrogen (secondary N) is 1. The fraction of sp³-hybridized carbons (Fsp3) is 0.0588. The van der Waals surface area contributed by atoms with Crippen LogP contribution in [0, 0.1) is 5.82 Å². The summed E-state index contributed by atoms with van der Waals surface area (Å²) in [6.45, 7) is 3.40. The third-order valence-electron chi connectivity index (χ3n) is 3.35. The van der Waals surface area contributed by atoms with Crippen molar-refractivity contribution in [2.45, 2.75) is 6.42 Å². The highest BCUT2D eigenvalue weighted by Gasteiger charge is 2.10. The van der Waals surface area contributed by atoms with E-state index in [4.69, 9.17) is 11.6 Å². The summed E-state index contributed by atoms with van der Waals surface area (Å²) in [7, 11) is 0. The van der Waals surface area contributed by atoms with Crippen molar-refractivity contribution >= 4 is 34.4 Å². The normalized spacial score (nSPS) is 10.6. The number of benzene rings is 1. The summed E-state index contributed by atoms with van der Waals surface area (Å²) < 4.78 is 13.3. The van der Waals surface area contributed by atoms with Gasteiger partial charge in [-0.15, -0.1) is 0 Å². The Morgan fingerprint density at radius 1 is 1.29 bits per heavy atom. The van der Waals surface area contributed by atoms with E-state index < -0.39 is 5.82 Å². The third-order valence-corrected chi connectivity index (χ3v) is 3.64. The molecule has 2 heterocycles. The van der Waals surface area contributed by atoms with E-state index in [0.717, 1.165) is 11.6 Å². The molecule has 0 aliphatic rings. The van der Waals surface area contributed by atoms with Crippen LogP contribution < -0.4 is 5.32 Å². The number of fused-ring (bicyclic) bond motifs is 1. The van der Waals surface area contributed by atoms with Crippen LogP contribution in [0.1, 0.15) is 11.3 Å². The zero-order valence-electron chi connectivity index (χ0n) is 12.5. The first-order valence-corrected chi connectivity index (χ1v) is 7.42. The molecule has 0 bridgehead atoms. The second-order valence-corrected chi connectivity index (χ2v) is 5.41. The van der Waals surface area contributed by atoms with Crippen LogP contribution in [0.2, 0.25) is 5.02 Å². The molecule has 3 rings (SSSR count). The lowest BCUT2D eigenvalue weighted by Crippen LogP contribution is -2.09. The van der Waals surface area contributed by atoms with Crippen LogP contribution in [-0.4, -0.2) is 20.9 Å². The van der Waals surface area contributed by atoms with Gasteiger partial charge in [0.25, 0.3) is 0 Å². The molecule has 0 spiro atoms. The first-order valence-electron chi connectivity index (χ1n) is 7.05. The first-order chi connectivity index (χ1) is 11.6. The maximum atomic E-state index is 13.3. The number of hydrogen-bond donors (Lipinski definition) is 1. The quantitative estimate of drug-likeness (QED) is 0.736. The molecule has 0 radical (unpaired) electrons. The van der Waals surface area contributed by atoms with E-state index in [1.54, 1.807) is 24.3 Å². The molecule has 120 valence electrons. The number of nitrogens with zero attached hydrogens (tertiary/aromatic N) is 3. The van der Waals surface area contributed by atoms with E-state index >= 15 is 0 Å². The van der Waals surface area contributed by atoms with Crippen molar-refractivity contribution in [1.82, 2.24) is 15.0 Å². The predicted octanol–water partition coefficient (Wildman–Crippen LogP) is 3.53. The molecule has 0 atom stereocenters. The maximum absolute atomic E-state index is 13.3. The molecule has 7 heteroatoms. The SMILES string of the molecule is C=CC(=O)Nc1ccc2ncnc(Cc3ccc(F)c(Cl)c3)c2n1. The van der Waals surface area contributed by atoms with Crippen molar-refractivity contribution < 1.29 is 9.18 Å². The molecule has 0 aliphatic carbocycles. The molecule has 0 unspecified atom stereocenters. The monoisotopic (exact) mass is 342 g/mol. The summed E-state index contributed by atoms with van der Waals surface area (Å²) in [6, 6.07) is 7.88. The van der Waals surface area contributed by atoms with Gasteiger partial charge >= 0.3 is 0 Å². The maximum Gasteiger partial charge on any atom is 0.248 e. The number of carbonyl (C=O) groups excluding carboxylic acids is 1. The fourth-order valence-electron chi connectivity index (χ4n) is 2.21. The molecule has 2 aromatic heterocycles. The number of carbonyl (C=O) groups is 1. The van der Waals surface area contributed by atoms with Crippen molar-refractivity contribution in [3.8, 4) is 0 Å². The summed E-state index contributed by atoms with van der Waals surface area (Å²) in [6.07, 6.45) is 3.01. The van der Waals surface area contributed by atoms with Gasteiger partial charge in [0.2, 0.25) is 5.91 Å². The number of hydrogen-bond acceptors (Lipinski definition) is 4. The number of pyridine rings is 1. The number of aromatic nitrogens is 3. The molecule has 0 saturated carbocycles. The fourth-order valence-corrected chi connectivity index (χ4v) is 2.41. The Bertz CT molecular complexity index is 945. The predicted molar refractivity (Wildman–Crippen MR) is 90.4 cm³/mol. The summed E-state index contributed by atoms with van der Waals surface area (Å²) in [5.74, 6) is -0.452.